The summed E-state index contributed by atoms with van der Waals surface area (Å²) in [5, 5.41) is 15.2. The van der Waals surface area contributed by atoms with Gasteiger partial charge in [0.2, 0.25) is 17.7 Å². The molecule has 24 heavy (non-hydrogen) atoms. The van der Waals surface area contributed by atoms with Gasteiger partial charge in [-0.05, 0) is 12.8 Å². The summed E-state index contributed by atoms with van der Waals surface area (Å²) in [7, 11) is 0. The summed E-state index contributed by atoms with van der Waals surface area (Å²) in [5.41, 5.74) is 15.5. The SMILES string of the molecule is NCC(=O)N[C@@H](CCCN=C(N)N)C(=O)NCC(=O)NCC(=O)O. The highest BCUT2D eigenvalue weighted by atomic mass is 16.4. The molecule has 0 rings (SSSR count). The van der Waals surface area contributed by atoms with Crippen molar-refractivity contribution in [3.8, 4) is 0 Å². The molecule has 0 spiro atoms. The van der Waals surface area contributed by atoms with Crippen molar-refractivity contribution in [1.29, 1.82) is 0 Å². The second-order valence-electron chi connectivity index (χ2n) is 4.66. The molecule has 0 aliphatic rings. The van der Waals surface area contributed by atoms with E-state index in [4.69, 9.17) is 22.3 Å². The van der Waals surface area contributed by atoms with Crippen LogP contribution >= 0.6 is 0 Å². The Labute approximate surface area is 138 Å². The fraction of sp³-hybridized carbons (Fsp3) is 0.583. The van der Waals surface area contributed by atoms with Gasteiger partial charge in [0, 0.05) is 6.54 Å². The van der Waals surface area contributed by atoms with E-state index in [1.807, 2.05) is 0 Å². The summed E-state index contributed by atoms with van der Waals surface area (Å²) >= 11 is 0. The lowest BCUT2D eigenvalue weighted by Gasteiger charge is -2.17. The predicted molar refractivity (Wildman–Crippen MR) is 84.6 cm³/mol. The molecule has 12 heteroatoms. The van der Waals surface area contributed by atoms with Crippen LogP contribution in [-0.4, -0.2) is 67.0 Å². The first kappa shape index (κ1) is 21.1. The number of amides is 3. The van der Waals surface area contributed by atoms with Crippen LogP contribution in [0.15, 0.2) is 4.99 Å². The average Bonchev–Trinajstić information content (AvgIpc) is 2.52. The van der Waals surface area contributed by atoms with Gasteiger partial charge in [-0.2, -0.15) is 0 Å². The van der Waals surface area contributed by atoms with Crippen molar-refractivity contribution < 1.29 is 24.3 Å². The second kappa shape index (κ2) is 11.6. The molecule has 0 aliphatic heterocycles. The first-order valence-electron chi connectivity index (χ1n) is 7.07. The summed E-state index contributed by atoms with van der Waals surface area (Å²) < 4.78 is 0. The Morgan fingerprint density at radius 1 is 1.04 bits per heavy atom. The number of aliphatic imine (C=N–C) groups is 1. The number of guanidine groups is 1. The quantitative estimate of drug-likeness (QED) is 0.110. The van der Waals surface area contributed by atoms with E-state index in [1.54, 1.807) is 0 Å². The van der Waals surface area contributed by atoms with Crippen molar-refractivity contribution in [3.63, 3.8) is 0 Å². The molecule has 0 saturated heterocycles. The monoisotopic (exact) mass is 345 g/mol. The second-order valence-corrected chi connectivity index (χ2v) is 4.66. The minimum atomic E-state index is -1.21. The van der Waals surface area contributed by atoms with E-state index in [0.29, 0.717) is 6.42 Å². The first-order valence-corrected chi connectivity index (χ1v) is 7.07. The average molecular weight is 345 g/mol. The summed E-state index contributed by atoms with van der Waals surface area (Å²) in [4.78, 5) is 48.8. The van der Waals surface area contributed by atoms with Crippen molar-refractivity contribution in [2.45, 2.75) is 18.9 Å². The van der Waals surface area contributed by atoms with Crippen LogP contribution in [0, 0.1) is 0 Å². The molecule has 10 N–H and O–H groups in total. The molecule has 0 bridgehead atoms. The van der Waals surface area contributed by atoms with E-state index in [9.17, 15) is 19.2 Å². The Kier molecular flexibility index (Phi) is 10.2. The van der Waals surface area contributed by atoms with Crippen LogP contribution in [0.3, 0.4) is 0 Å². The predicted octanol–water partition coefficient (Wildman–Crippen LogP) is -4.20. The topological polar surface area (TPSA) is 215 Å². The number of nitrogens with one attached hydrogen (secondary N) is 3. The maximum Gasteiger partial charge on any atom is 0.322 e. The minimum Gasteiger partial charge on any atom is -0.480 e. The number of aliphatic carboxylic acids is 1. The van der Waals surface area contributed by atoms with Crippen LogP contribution in [0.1, 0.15) is 12.8 Å². The van der Waals surface area contributed by atoms with Crippen molar-refractivity contribution in [2.75, 3.05) is 26.2 Å². The fourth-order valence-electron chi connectivity index (χ4n) is 1.55. The Balaban J connectivity index is 4.44. The van der Waals surface area contributed by atoms with Crippen LogP contribution < -0.4 is 33.2 Å². The van der Waals surface area contributed by atoms with Gasteiger partial charge in [-0.15, -0.1) is 0 Å². The van der Waals surface area contributed by atoms with Crippen LogP contribution in [0.25, 0.3) is 0 Å². The zero-order chi connectivity index (χ0) is 18.5. The minimum absolute atomic E-state index is 0.0860. The summed E-state index contributed by atoms with van der Waals surface area (Å²) in [6.07, 6.45) is 0.636. The highest BCUT2D eigenvalue weighted by Crippen LogP contribution is 1.98. The molecule has 0 heterocycles. The van der Waals surface area contributed by atoms with Gasteiger partial charge in [-0.25, -0.2) is 0 Å². The van der Waals surface area contributed by atoms with Gasteiger partial charge >= 0.3 is 5.97 Å². The van der Waals surface area contributed by atoms with E-state index in [0.717, 1.165) is 0 Å². The zero-order valence-electron chi connectivity index (χ0n) is 13.1. The highest BCUT2D eigenvalue weighted by molar-refractivity contribution is 5.91. The molecule has 3 amide bonds. The number of carboxylic acids is 1. The number of carbonyl (C=O) groups excluding carboxylic acids is 3. The molecule has 1 atom stereocenters. The molecule has 0 aromatic heterocycles. The Hall–Kier alpha value is -2.89. The van der Waals surface area contributed by atoms with Gasteiger partial charge in [0.05, 0.1) is 13.1 Å². The third kappa shape index (κ3) is 10.8. The molecule has 0 unspecified atom stereocenters. The smallest absolute Gasteiger partial charge is 0.322 e. The normalized spacial score (nSPS) is 11.0. The lowest BCUT2D eigenvalue weighted by atomic mass is 10.1. The van der Waals surface area contributed by atoms with Crippen LogP contribution in [0.5, 0.6) is 0 Å². The van der Waals surface area contributed by atoms with Gasteiger partial charge < -0.3 is 38.3 Å². The Morgan fingerprint density at radius 2 is 1.71 bits per heavy atom. The number of carboxylic acid groups (broad SMARTS) is 1. The highest BCUT2D eigenvalue weighted by Gasteiger charge is 2.20. The number of carbonyl (C=O) groups is 4. The molecular formula is C12H23N7O5. The molecule has 0 aromatic rings. The number of hydrogen-bond acceptors (Lipinski definition) is 6. The molecule has 12 nitrogen and oxygen atoms in total. The van der Waals surface area contributed by atoms with Gasteiger partial charge in [-0.3, -0.25) is 24.2 Å². The maximum atomic E-state index is 12.0. The molecule has 0 fully saturated rings. The van der Waals surface area contributed by atoms with E-state index in [2.05, 4.69) is 20.9 Å². The van der Waals surface area contributed by atoms with Crippen LogP contribution in [0.2, 0.25) is 0 Å². The lowest BCUT2D eigenvalue weighted by molar-refractivity contribution is -0.138. The van der Waals surface area contributed by atoms with Crippen molar-refractivity contribution in [3.05, 3.63) is 0 Å². The van der Waals surface area contributed by atoms with Crippen LogP contribution in [0.4, 0.5) is 0 Å². The molecule has 0 aliphatic carbocycles. The Morgan fingerprint density at radius 3 is 2.25 bits per heavy atom. The lowest BCUT2D eigenvalue weighted by Crippen LogP contribution is -2.50. The maximum absolute atomic E-state index is 12.0. The largest absolute Gasteiger partial charge is 0.480 e. The Bertz CT molecular complexity index is 490. The van der Waals surface area contributed by atoms with E-state index >= 15 is 0 Å². The summed E-state index contributed by atoms with van der Waals surface area (Å²) in [5.74, 6) is -3.10. The van der Waals surface area contributed by atoms with Gasteiger partial charge in [0.1, 0.15) is 12.6 Å². The molecule has 0 radical (unpaired) electrons. The number of rotatable bonds is 11. The van der Waals surface area contributed by atoms with Gasteiger partial charge in [0.25, 0.3) is 0 Å². The molecule has 136 valence electrons. The number of hydrogen-bond donors (Lipinski definition) is 7. The van der Waals surface area contributed by atoms with Gasteiger partial charge in [-0.1, -0.05) is 0 Å². The van der Waals surface area contributed by atoms with Crippen molar-refractivity contribution in [2.24, 2.45) is 22.2 Å². The third-order valence-corrected chi connectivity index (χ3v) is 2.64. The fourth-order valence-corrected chi connectivity index (χ4v) is 1.55. The summed E-state index contributed by atoms with van der Waals surface area (Å²) in [6, 6.07) is -0.914. The van der Waals surface area contributed by atoms with E-state index in [1.165, 1.54) is 0 Å². The number of nitrogens with zero attached hydrogens (tertiary/aromatic N) is 1. The van der Waals surface area contributed by atoms with Crippen molar-refractivity contribution >= 4 is 29.7 Å². The van der Waals surface area contributed by atoms with E-state index in [-0.39, 0.29) is 25.5 Å². The first-order chi connectivity index (χ1) is 11.3. The molecule has 0 aromatic carbocycles. The zero-order valence-corrected chi connectivity index (χ0v) is 13.1. The number of nitrogens with two attached hydrogens (primary N) is 3. The third-order valence-electron chi connectivity index (χ3n) is 2.64. The van der Waals surface area contributed by atoms with Gasteiger partial charge in [0.15, 0.2) is 5.96 Å². The van der Waals surface area contributed by atoms with Crippen molar-refractivity contribution in [1.82, 2.24) is 16.0 Å². The van der Waals surface area contributed by atoms with E-state index < -0.39 is 42.8 Å². The molecule has 0 saturated carbocycles. The summed E-state index contributed by atoms with van der Waals surface area (Å²) in [6.45, 7) is -1.00. The van der Waals surface area contributed by atoms with Crippen LogP contribution in [-0.2, 0) is 19.2 Å². The molecular weight excluding hydrogens is 322 g/mol. The standard InChI is InChI=1S/C12H23N7O5/c13-4-8(20)19-7(2-1-3-16-12(14)15)11(24)18-5-9(21)17-6-10(22)23/h7H,1-6,13H2,(H,17,21)(H,18,24)(H,19,20)(H,22,23)(H4,14,15,16)/t7-/m0/s1.